The Kier molecular flexibility index (Phi) is 8.04. The van der Waals surface area contributed by atoms with Crippen molar-refractivity contribution in [3.05, 3.63) is 167 Å². The third-order valence-corrected chi connectivity index (χ3v) is 42.1. The minimum Gasteiger partial charge on any atom is -0.147 e. The van der Waals surface area contributed by atoms with Crippen LogP contribution in [0.3, 0.4) is 0 Å². The standard InChI is InChI=1S/2C14H11.2C6H5.2ClH.H3Si.Zr/c2*1-10-5-4-8-13-12-7-3-2-6-11(12)9-14(10)13;2*1-2-4-6-5-3-1;;;;/h2*2-4,6-8H,9H2,1H3;2*1-5H;2*1H;1H3;. The average Bonchev–Trinajstić information content (AvgIpc) is 3.62. The van der Waals surface area contributed by atoms with Gasteiger partial charge in [-0.15, -0.1) is 24.8 Å². The van der Waals surface area contributed by atoms with E-state index in [1.807, 2.05) is 0 Å². The van der Waals surface area contributed by atoms with Crippen LogP contribution in [0.25, 0.3) is 22.3 Å². The zero-order valence-corrected chi connectivity index (χ0v) is 31.5. The molecule has 4 heteroatoms. The third kappa shape index (κ3) is 4.11. The topological polar surface area (TPSA) is 0 Å². The second kappa shape index (κ2) is 11.4. The van der Waals surface area contributed by atoms with Crippen molar-refractivity contribution in [2.75, 3.05) is 0 Å². The summed E-state index contributed by atoms with van der Waals surface area (Å²) in [6.07, 6.45) is 2.06. The van der Waals surface area contributed by atoms with E-state index in [-0.39, 0.29) is 24.8 Å². The predicted molar refractivity (Wildman–Crippen MR) is 195 cm³/mol. The van der Waals surface area contributed by atoms with Gasteiger partial charge in [-0.1, -0.05) is 0 Å². The average molecular weight is 708 g/mol. The van der Waals surface area contributed by atoms with Crippen molar-refractivity contribution in [2.24, 2.45) is 0 Å². The molecule has 0 heterocycles. The molecule has 0 spiro atoms. The molecule has 8 rings (SSSR count). The van der Waals surface area contributed by atoms with Gasteiger partial charge in [0.05, 0.1) is 0 Å². The van der Waals surface area contributed by atoms with Crippen LogP contribution in [0, 0.1) is 13.8 Å². The fourth-order valence-corrected chi connectivity index (χ4v) is 36.5. The molecule has 219 valence electrons. The SMILES string of the molecule is Cc1[c]([Zr]([SiH3])([c]2ccccc2)([c]2ccccc2)[c]2ccc3c(c2C)Cc2ccccc2-3)ccc2c1Cc1ccccc1-2.Cl.Cl. The van der Waals surface area contributed by atoms with Gasteiger partial charge >= 0.3 is 254 Å². The van der Waals surface area contributed by atoms with Crippen LogP contribution in [-0.2, 0) is 30.8 Å². The van der Waals surface area contributed by atoms with E-state index >= 15 is 0 Å². The molecule has 0 bridgehead atoms. The minimum atomic E-state index is -4.43. The first kappa shape index (κ1) is 31.0. The third-order valence-electron chi connectivity index (χ3n) is 10.9. The Hall–Kier alpha value is -3.00. The van der Waals surface area contributed by atoms with E-state index in [1.165, 1.54) is 55.6 Å². The van der Waals surface area contributed by atoms with Crippen LogP contribution in [0.5, 0.6) is 0 Å². The maximum absolute atomic E-state index is 4.43. The second-order valence-electron chi connectivity index (χ2n) is 12.7. The molecule has 0 aromatic heterocycles. The summed E-state index contributed by atoms with van der Waals surface area (Å²) in [6.45, 7) is 4.88. The van der Waals surface area contributed by atoms with Crippen LogP contribution < -0.4 is 13.1 Å². The van der Waals surface area contributed by atoms with E-state index in [2.05, 4.69) is 147 Å². The number of fused-ring (bicyclic) bond motifs is 6. The summed E-state index contributed by atoms with van der Waals surface area (Å²) >= 11 is -4.43. The zero-order chi connectivity index (χ0) is 28.5. The van der Waals surface area contributed by atoms with Gasteiger partial charge in [-0.25, -0.2) is 0 Å². The molecule has 6 aromatic rings. The molecule has 0 atom stereocenters. The van der Waals surface area contributed by atoms with E-state index < -0.39 is 17.9 Å². The smallest absolute Gasteiger partial charge is 0.147 e. The molecule has 0 nitrogen and oxygen atoms in total. The second-order valence-corrected chi connectivity index (χ2v) is 38.6. The van der Waals surface area contributed by atoms with Crippen molar-refractivity contribution in [3.63, 3.8) is 0 Å². The van der Waals surface area contributed by atoms with Crippen molar-refractivity contribution in [3.8, 4) is 22.3 Å². The monoisotopic (exact) mass is 705 g/mol. The predicted octanol–water partition coefficient (Wildman–Crippen LogP) is 6.86. The Morgan fingerprint density at radius 2 is 0.795 bits per heavy atom. The molecule has 0 saturated heterocycles. The van der Waals surface area contributed by atoms with Crippen LogP contribution in [0.2, 0.25) is 0 Å². The Morgan fingerprint density at radius 1 is 0.432 bits per heavy atom. The largest absolute Gasteiger partial charge is 0.147 e. The van der Waals surface area contributed by atoms with Gasteiger partial charge in [-0.05, 0) is 0 Å². The summed E-state index contributed by atoms with van der Waals surface area (Å²) in [6, 6.07) is 51.4. The Labute approximate surface area is 276 Å². The maximum atomic E-state index is 2.57. The van der Waals surface area contributed by atoms with Gasteiger partial charge in [0.1, 0.15) is 0 Å². The maximum Gasteiger partial charge on any atom is -0.147 e. The first-order chi connectivity index (χ1) is 20.5. The molecule has 0 amide bonds. The number of benzene rings is 6. The fraction of sp³-hybridized carbons (Fsp3) is 0.100. The van der Waals surface area contributed by atoms with Crippen LogP contribution >= 0.6 is 24.8 Å². The molecule has 0 fully saturated rings. The van der Waals surface area contributed by atoms with Crippen molar-refractivity contribution < 1.29 is 17.9 Å². The van der Waals surface area contributed by atoms with Gasteiger partial charge in [-0.2, -0.15) is 0 Å². The van der Waals surface area contributed by atoms with E-state index in [9.17, 15) is 0 Å². The van der Waals surface area contributed by atoms with Crippen molar-refractivity contribution in [1.29, 1.82) is 0 Å². The minimum absolute atomic E-state index is 0. The van der Waals surface area contributed by atoms with Crippen LogP contribution in [0.4, 0.5) is 0 Å². The van der Waals surface area contributed by atoms with Gasteiger partial charge in [-0.3, -0.25) is 0 Å². The summed E-state index contributed by atoms with van der Waals surface area (Å²) in [5.41, 5.74) is 14.7. The zero-order valence-electron chi connectivity index (χ0n) is 25.4. The summed E-state index contributed by atoms with van der Waals surface area (Å²) < 4.78 is 6.39. The molecule has 44 heavy (non-hydrogen) atoms. The normalized spacial score (nSPS) is 13.4. The van der Waals surface area contributed by atoms with Crippen LogP contribution in [-0.4, -0.2) is 7.37 Å². The molecule has 2 aliphatic rings. The van der Waals surface area contributed by atoms with Gasteiger partial charge in [0.25, 0.3) is 0 Å². The number of halogens is 2. The molecule has 2 aliphatic carbocycles. The molecular formula is C40H37Cl2SiZr. The van der Waals surface area contributed by atoms with E-state index in [0.29, 0.717) is 0 Å². The molecule has 0 N–H and O–H groups in total. The van der Waals surface area contributed by atoms with Crippen LogP contribution in [0.1, 0.15) is 33.4 Å². The van der Waals surface area contributed by atoms with Gasteiger partial charge < -0.3 is 0 Å². The molecule has 0 aliphatic heterocycles. The number of rotatable bonds is 4. The first-order valence-corrected chi connectivity index (χ1v) is 28.5. The van der Waals surface area contributed by atoms with Gasteiger partial charge in [0.15, 0.2) is 0 Å². The molecule has 0 unspecified atom stereocenters. The van der Waals surface area contributed by atoms with Gasteiger partial charge in [0.2, 0.25) is 0 Å². The quantitative estimate of drug-likeness (QED) is 0.176. The Bertz CT molecular complexity index is 1890. The molecule has 6 aromatic carbocycles. The summed E-state index contributed by atoms with van der Waals surface area (Å²) in [4.78, 5) is 0. The van der Waals surface area contributed by atoms with Crippen molar-refractivity contribution in [1.82, 2.24) is 0 Å². The van der Waals surface area contributed by atoms with Crippen LogP contribution in [0.15, 0.2) is 133 Å². The summed E-state index contributed by atoms with van der Waals surface area (Å²) in [7, 11) is 1.07. The molecule has 0 saturated carbocycles. The van der Waals surface area contributed by atoms with Crippen molar-refractivity contribution in [2.45, 2.75) is 26.7 Å². The van der Waals surface area contributed by atoms with E-state index in [0.717, 1.165) is 20.2 Å². The first-order valence-electron chi connectivity index (χ1n) is 15.2. The fourth-order valence-electron chi connectivity index (χ4n) is 8.73. The van der Waals surface area contributed by atoms with Gasteiger partial charge in [0, 0.05) is 0 Å². The number of hydrogen-bond acceptors (Lipinski definition) is 0. The number of hydrogen-bond donors (Lipinski definition) is 0. The summed E-state index contributed by atoms with van der Waals surface area (Å²) in [5.74, 6) is 0. The Balaban J connectivity index is 0.00000171. The van der Waals surface area contributed by atoms with E-state index in [4.69, 9.17) is 0 Å². The molecular weight excluding hydrogens is 671 g/mol. The van der Waals surface area contributed by atoms with E-state index in [1.54, 1.807) is 13.1 Å². The Morgan fingerprint density at radius 3 is 1.20 bits per heavy atom. The molecule has 0 radical (unpaired) electrons. The summed E-state index contributed by atoms with van der Waals surface area (Å²) in [5, 5.41) is 0. The van der Waals surface area contributed by atoms with Crippen molar-refractivity contribution >= 4 is 45.3 Å².